The molecule has 3 nitrogen and oxygen atoms in total. The molecule has 0 bridgehead atoms. The minimum Gasteiger partial charge on any atom is -0.460 e. The number of carbonyl (C=O) groups is 1. The predicted octanol–water partition coefficient (Wildman–Crippen LogP) is 3.23. The van der Waals surface area contributed by atoms with Gasteiger partial charge in [0.05, 0.1) is 21.1 Å². The van der Waals surface area contributed by atoms with Crippen LogP contribution in [0.1, 0.15) is 52.9 Å². The third kappa shape index (κ3) is 13.5. The van der Waals surface area contributed by atoms with Gasteiger partial charge >= 0.3 is 5.97 Å². The minimum atomic E-state index is -0.0424. The van der Waals surface area contributed by atoms with Crippen molar-refractivity contribution in [1.82, 2.24) is 0 Å². The van der Waals surface area contributed by atoms with Crippen LogP contribution in [0.4, 0.5) is 0 Å². The Balaban J connectivity index is 3.44. The van der Waals surface area contributed by atoms with Crippen molar-refractivity contribution in [3.63, 3.8) is 0 Å². The fraction of sp³-hybridized carbons (Fsp3) is 0.933. The molecular formula is C15H32NO2+. The Kier molecular flexibility index (Phi) is 7.53. The van der Waals surface area contributed by atoms with Crippen molar-refractivity contribution in [2.45, 2.75) is 52.9 Å². The monoisotopic (exact) mass is 258 g/mol. The number of esters is 1. The summed E-state index contributed by atoms with van der Waals surface area (Å²) >= 11 is 0. The highest BCUT2D eigenvalue weighted by atomic mass is 16.5. The first kappa shape index (κ1) is 17.4. The average molecular weight is 258 g/mol. The molecule has 0 spiro atoms. The predicted molar refractivity (Wildman–Crippen MR) is 76.4 cm³/mol. The minimum absolute atomic E-state index is 0.0424. The van der Waals surface area contributed by atoms with E-state index in [-0.39, 0.29) is 5.97 Å². The molecule has 0 unspecified atom stereocenters. The second-order valence-corrected chi connectivity index (χ2v) is 7.36. The lowest BCUT2D eigenvalue weighted by molar-refractivity contribution is -0.870. The molecule has 0 atom stereocenters. The molecule has 0 aromatic carbocycles. The highest BCUT2D eigenvalue weighted by molar-refractivity contribution is 5.69. The largest absolute Gasteiger partial charge is 0.460 e. The van der Waals surface area contributed by atoms with E-state index in [1.54, 1.807) is 0 Å². The third-order valence-corrected chi connectivity index (χ3v) is 2.83. The van der Waals surface area contributed by atoms with Crippen LogP contribution >= 0.6 is 0 Å². The Morgan fingerprint density at radius 2 is 1.67 bits per heavy atom. The van der Waals surface area contributed by atoms with Gasteiger partial charge in [0, 0.05) is 6.42 Å². The molecule has 108 valence electrons. The summed E-state index contributed by atoms with van der Waals surface area (Å²) in [5.74, 6) is -0.0424. The van der Waals surface area contributed by atoms with Gasteiger partial charge in [-0.15, -0.1) is 0 Å². The van der Waals surface area contributed by atoms with Crippen molar-refractivity contribution in [3.8, 4) is 0 Å². The van der Waals surface area contributed by atoms with Crippen molar-refractivity contribution in [2.24, 2.45) is 5.41 Å². The normalized spacial score (nSPS) is 12.6. The van der Waals surface area contributed by atoms with Crippen LogP contribution in [-0.2, 0) is 9.53 Å². The lowest BCUT2D eigenvalue weighted by atomic mass is 9.89. The molecule has 18 heavy (non-hydrogen) atoms. The van der Waals surface area contributed by atoms with E-state index in [2.05, 4.69) is 41.9 Å². The molecule has 0 saturated heterocycles. The van der Waals surface area contributed by atoms with E-state index in [1.807, 2.05) is 0 Å². The van der Waals surface area contributed by atoms with Crippen molar-refractivity contribution >= 4 is 5.97 Å². The summed E-state index contributed by atoms with van der Waals surface area (Å²) in [7, 11) is 6.29. The number of quaternary nitrogens is 1. The first-order valence-electron chi connectivity index (χ1n) is 7.06. The summed E-state index contributed by atoms with van der Waals surface area (Å²) in [6.45, 7) is 8.17. The van der Waals surface area contributed by atoms with Crippen molar-refractivity contribution < 1.29 is 14.0 Å². The van der Waals surface area contributed by atoms with E-state index in [0.29, 0.717) is 18.4 Å². The number of carbonyl (C=O) groups excluding carboxylic acids is 1. The van der Waals surface area contributed by atoms with E-state index < -0.39 is 0 Å². The fourth-order valence-corrected chi connectivity index (χ4v) is 1.61. The van der Waals surface area contributed by atoms with Gasteiger partial charge in [0.15, 0.2) is 0 Å². The van der Waals surface area contributed by atoms with Crippen molar-refractivity contribution in [3.05, 3.63) is 0 Å². The number of rotatable bonds is 8. The number of likely N-dealkylation sites (N-methyl/N-ethyl adjacent to an activating group) is 1. The molecule has 0 rings (SSSR count). The van der Waals surface area contributed by atoms with E-state index in [1.165, 1.54) is 12.8 Å². The van der Waals surface area contributed by atoms with Gasteiger partial charge in [0.1, 0.15) is 13.2 Å². The molecule has 0 aliphatic rings. The summed E-state index contributed by atoms with van der Waals surface area (Å²) < 4.78 is 6.04. The Morgan fingerprint density at radius 3 is 2.17 bits per heavy atom. The second kappa shape index (κ2) is 7.78. The van der Waals surface area contributed by atoms with Crippen LogP contribution in [0.3, 0.4) is 0 Å². The average Bonchev–Trinajstić information content (AvgIpc) is 2.13. The number of nitrogens with zero attached hydrogens (tertiary/aromatic N) is 1. The maximum atomic E-state index is 11.5. The molecule has 0 radical (unpaired) electrons. The molecule has 0 aliphatic heterocycles. The first-order valence-corrected chi connectivity index (χ1v) is 7.06. The molecule has 0 amide bonds. The standard InChI is InChI=1S/C15H32NO2/c1-15(2,3)11-9-7-8-10-14(17)18-13-12-16(4,5)6/h7-13H2,1-6H3/q+1. The maximum absolute atomic E-state index is 11.5. The molecule has 0 aromatic rings. The van der Waals surface area contributed by atoms with Gasteiger partial charge in [-0.2, -0.15) is 0 Å². The highest BCUT2D eigenvalue weighted by Crippen LogP contribution is 2.22. The van der Waals surface area contributed by atoms with Crippen LogP contribution in [-0.4, -0.2) is 44.7 Å². The second-order valence-electron chi connectivity index (χ2n) is 7.36. The topological polar surface area (TPSA) is 26.3 Å². The van der Waals surface area contributed by atoms with E-state index in [0.717, 1.165) is 23.9 Å². The fourth-order valence-electron chi connectivity index (χ4n) is 1.61. The van der Waals surface area contributed by atoms with Gasteiger partial charge < -0.3 is 9.22 Å². The first-order chi connectivity index (χ1) is 8.10. The summed E-state index contributed by atoms with van der Waals surface area (Å²) in [6, 6.07) is 0. The van der Waals surface area contributed by atoms with E-state index in [4.69, 9.17) is 4.74 Å². The van der Waals surface area contributed by atoms with Gasteiger partial charge in [0.25, 0.3) is 0 Å². The number of ether oxygens (including phenoxy) is 1. The van der Waals surface area contributed by atoms with Crippen LogP contribution in [0, 0.1) is 5.41 Å². The summed E-state index contributed by atoms with van der Waals surface area (Å²) in [4.78, 5) is 11.5. The van der Waals surface area contributed by atoms with Crippen LogP contribution in [0.5, 0.6) is 0 Å². The van der Waals surface area contributed by atoms with Gasteiger partial charge in [-0.1, -0.05) is 33.6 Å². The Morgan fingerprint density at radius 1 is 1.06 bits per heavy atom. The summed E-state index contributed by atoms with van der Waals surface area (Å²) in [5, 5.41) is 0. The zero-order valence-electron chi connectivity index (χ0n) is 13.2. The zero-order valence-corrected chi connectivity index (χ0v) is 13.2. The molecule has 0 fully saturated rings. The molecule has 0 saturated carbocycles. The van der Waals surface area contributed by atoms with Gasteiger partial charge in [-0.25, -0.2) is 0 Å². The maximum Gasteiger partial charge on any atom is 0.305 e. The van der Waals surface area contributed by atoms with Gasteiger partial charge in [-0.3, -0.25) is 4.79 Å². The van der Waals surface area contributed by atoms with Gasteiger partial charge in [-0.05, 0) is 18.3 Å². The lowest BCUT2D eigenvalue weighted by Gasteiger charge is -2.23. The summed E-state index contributed by atoms with van der Waals surface area (Å²) in [5.41, 5.74) is 0.408. The lowest BCUT2D eigenvalue weighted by Crippen LogP contribution is -2.37. The molecule has 0 N–H and O–H groups in total. The summed E-state index contributed by atoms with van der Waals surface area (Å²) in [6.07, 6.45) is 5.08. The third-order valence-electron chi connectivity index (χ3n) is 2.83. The molecular weight excluding hydrogens is 226 g/mol. The number of unbranched alkanes of at least 4 members (excludes halogenated alkanes) is 2. The van der Waals surface area contributed by atoms with Crippen LogP contribution in [0.25, 0.3) is 0 Å². The Labute approximate surface area is 113 Å². The number of hydrogen-bond donors (Lipinski definition) is 0. The number of hydrogen-bond acceptors (Lipinski definition) is 2. The molecule has 0 aliphatic carbocycles. The molecule has 3 heteroatoms. The SMILES string of the molecule is CC(C)(C)CCCCCC(=O)OCC[N+](C)(C)C. The van der Waals surface area contributed by atoms with E-state index >= 15 is 0 Å². The Hall–Kier alpha value is -0.570. The van der Waals surface area contributed by atoms with E-state index in [9.17, 15) is 4.79 Å². The highest BCUT2D eigenvalue weighted by Gasteiger charge is 2.11. The van der Waals surface area contributed by atoms with Gasteiger partial charge in [0.2, 0.25) is 0 Å². The molecule has 0 heterocycles. The van der Waals surface area contributed by atoms with Crippen LogP contribution < -0.4 is 0 Å². The zero-order chi connectivity index (χ0) is 14.2. The van der Waals surface area contributed by atoms with Crippen molar-refractivity contribution in [1.29, 1.82) is 0 Å². The smallest absolute Gasteiger partial charge is 0.305 e. The Bertz CT molecular complexity index is 236. The quantitative estimate of drug-likeness (QED) is 0.379. The van der Waals surface area contributed by atoms with Crippen LogP contribution in [0.2, 0.25) is 0 Å². The molecule has 0 aromatic heterocycles. The van der Waals surface area contributed by atoms with Crippen molar-refractivity contribution in [2.75, 3.05) is 34.3 Å². The van der Waals surface area contributed by atoms with Crippen LogP contribution in [0.15, 0.2) is 0 Å².